The van der Waals surface area contributed by atoms with Crippen LogP contribution in [0.1, 0.15) is 66.2 Å². The van der Waals surface area contributed by atoms with Gasteiger partial charge in [-0.25, -0.2) is 0 Å². The molecule has 0 aromatic rings. The highest BCUT2D eigenvalue weighted by molar-refractivity contribution is 5.72. The van der Waals surface area contributed by atoms with E-state index in [0.29, 0.717) is 12.3 Å². The molecule has 0 radical (unpaired) electrons. The highest BCUT2D eigenvalue weighted by Crippen LogP contribution is 2.45. The van der Waals surface area contributed by atoms with E-state index in [2.05, 4.69) is 32.1 Å². The molecule has 8 unspecified atom stereocenters. The van der Waals surface area contributed by atoms with Gasteiger partial charge in [-0.2, -0.15) is 0 Å². The number of allylic oxidation sites excluding steroid dienone is 3. The van der Waals surface area contributed by atoms with Gasteiger partial charge in [0.2, 0.25) is 0 Å². The zero-order valence-corrected chi connectivity index (χ0v) is 19.4. The van der Waals surface area contributed by atoms with Crippen molar-refractivity contribution in [2.24, 2.45) is 29.6 Å². The van der Waals surface area contributed by atoms with Crippen molar-refractivity contribution in [2.45, 2.75) is 84.5 Å². The van der Waals surface area contributed by atoms with E-state index < -0.39 is 18.2 Å². The molecule has 2 rings (SSSR count). The van der Waals surface area contributed by atoms with Gasteiger partial charge in [-0.3, -0.25) is 9.59 Å². The number of hydrogen-bond acceptors (Lipinski definition) is 6. The standard InChI is InChI=1S/C24H38O6.H3N/c1-5-15(3)24(29)30-21-11-14(2)10-17-7-6-16(4)20(23(17)21)9-8-18(25)12-19(26)13-22(27)28;/h6-7,10,14-16,18-21,23,25-26H,5,8-9,11-13H2,1-4H3,(H,27,28);1H3. The van der Waals surface area contributed by atoms with Gasteiger partial charge in [0.1, 0.15) is 6.10 Å². The molecule has 0 fully saturated rings. The van der Waals surface area contributed by atoms with Crippen LogP contribution in [-0.2, 0) is 14.3 Å². The highest BCUT2D eigenvalue weighted by Gasteiger charge is 2.41. The lowest BCUT2D eigenvalue weighted by Gasteiger charge is -2.43. The summed E-state index contributed by atoms with van der Waals surface area (Å²) in [5, 5.41) is 28.9. The number of esters is 1. The van der Waals surface area contributed by atoms with Crippen molar-refractivity contribution in [1.29, 1.82) is 0 Å². The van der Waals surface area contributed by atoms with E-state index in [1.165, 1.54) is 5.57 Å². The Morgan fingerprint density at radius 3 is 2.52 bits per heavy atom. The Labute approximate surface area is 186 Å². The van der Waals surface area contributed by atoms with Crippen molar-refractivity contribution in [2.75, 3.05) is 0 Å². The lowest BCUT2D eigenvalue weighted by Crippen LogP contribution is -2.41. The molecule has 0 saturated carbocycles. The van der Waals surface area contributed by atoms with E-state index in [-0.39, 0.29) is 54.7 Å². The molecule has 0 aromatic heterocycles. The normalized spacial score (nSPS) is 30.3. The fourth-order valence-corrected chi connectivity index (χ4v) is 4.76. The van der Waals surface area contributed by atoms with Gasteiger partial charge < -0.3 is 26.2 Å². The van der Waals surface area contributed by atoms with E-state index in [0.717, 1.165) is 19.3 Å². The Kier molecular flexibility index (Phi) is 10.9. The number of carboxylic acids is 1. The monoisotopic (exact) mass is 439 g/mol. The molecule has 7 nitrogen and oxygen atoms in total. The quantitative estimate of drug-likeness (QED) is 0.379. The van der Waals surface area contributed by atoms with Crippen LogP contribution in [0, 0.1) is 29.6 Å². The van der Waals surface area contributed by atoms with Gasteiger partial charge in [0.05, 0.1) is 24.5 Å². The van der Waals surface area contributed by atoms with E-state index in [9.17, 15) is 19.8 Å². The summed E-state index contributed by atoms with van der Waals surface area (Å²) in [4.78, 5) is 23.2. The Morgan fingerprint density at radius 2 is 1.90 bits per heavy atom. The number of aliphatic hydroxyl groups is 2. The average Bonchev–Trinajstić information content (AvgIpc) is 2.65. The van der Waals surface area contributed by atoms with Crippen molar-refractivity contribution >= 4 is 11.9 Å². The fourth-order valence-electron chi connectivity index (χ4n) is 4.76. The number of aliphatic carboxylic acids is 1. The van der Waals surface area contributed by atoms with Gasteiger partial charge in [0.15, 0.2) is 0 Å². The van der Waals surface area contributed by atoms with Gasteiger partial charge in [-0.05, 0) is 55.4 Å². The Balaban J connectivity index is 0.00000480. The van der Waals surface area contributed by atoms with Crippen LogP contribution in [-0.4, -0.2) is 45.6 Å². The molecule has 0 heterocycles. The van der Waals surface area contributed by atoms with Gasteiger partial charge in [-0.1, -0.05) is 45.9 Å². The Bertz CT molecular complexity index is 660. The summed E-state index contributed by atoms with van der Waals surface area (Å²) in [7, 11) is 0. The Hall–Kier alpha value is -1.70. The van der Waals surface area contributed by atoms with E-state index in [4.69, 9.17) is 9.84 Å². The molecular formula is C24H41NO6. The fraction of sp³-hybridized carbons (Fsp3) is 0.750. The molecular weight excluding hydrogens is 398 g/mol. The zero-order chi connectivity index (χ0) is 22.4. The number of rotatable bonds is 10. The summed E-state index contributed by atoms with van der Waals surface area (Å²) < 4.78 is 6.00. The van der Waals surface area contributed by atoms with Gasteiger partial charge in [0, 0.05) is 5.92 Å². The second-order valence-corrected chi connectivity index (χ2v) is 9.29. The molecule has 0 aliphatic heterocycles. The lowest BCUT2D eigenvalue weighted by molar-refractivity contribution is -0.158. The lowest BCUT2D eigenvalue weighted by atomic mass is 9.65. The molecule has 0 saturated heterocycles. The minimum atomic E-state index is -1.07. The van der Waals surface area contributed by atoms with Crippen molar-refractivity contribution in [1.82, 2.24) is 6.15 Å². The number of carboxylic acid groups (broad SMARTS) is 1. The first-order chi connectivity index (χ1) is 14.1. The molecule has 0 spiro atoms. The molecule has 8 atom stereocenters. The van der Waals surface area contributed by atoms with E-state index in [1.54, 1.807) is 0 Å². The van der Waals surface area contributed by atoms with Crippen LogP contribution in [0.2, 0.25) is 0 Å². The first-order valence-electron chi connectivity index (χ1n) is 11.3. The van der Waals surface area contributed by atoms with E-state index in [1.807, 2.05) is 13.8 Å². The van der Waals surface area contributed by atoms with Gasteiger partial charge in [-0.15, -0.1) is 0 Å². The Morgan fingerprint density at radius 1 is 1.23 bits per heavy atom. The molecule has 2 aliphatic carbocycles. The van der Waals surface area contributed by atoms with Crippen LogP contribution in [0.25, 0.3) is 0 Å². The van der Waals surface area contributed by atoms with Gasteiger partial charge in [0.25, 0.3) is 0 Å². The van der Waals surface area contributed by atoms with Crippen molar-refractivity contribution in [3.8, 4) is 0 Å². The molecule has 0 amide bonds. The summed E-state index contributed by atoms with van der Waals surface area (Å²) in [6, 6.07) is 0. The molecule has 31 heavy (non-hydrogen) atoms. The average molecular weight is 440 g/mol. The highest BCUT2D eigenvalue weighted by atomic mass is 16.5. The molecule has 2 aliphatic rings. The van der Waals surface area contributed by atoms with Crippen LogP contribution in [0.4, 0.5) is 0 Å². The van der Waals surface area contributed by atoms with Crippen molar-refractivity contribution in [3.63, 3.8) is 0 Å². The zero-order valence-electron chi connectivity index (χ0n) is 19.4. The molecule has 178 valence electrons. The number of ether oxygens (including phenoxy) is 1. The summed E-state index contributed by atoms with van der Waals surface area (Å²) in [5.74, 6) is -0.406. The molecule has 7 heteroatoms. The van der Waals surface area contributed by atoms with Crippen LogP contribution in [0.15, 0.2) is 23.8 Å². The first-order valence-corrected chi connectivity index (χ1v) is 11.3. The van der Waals surface area contributed by atoms with Crippen molar-refractivity contribution in [3.05, 3.63) is 23.8 Å². The second kappa shape index (κ2) is 12.4. The second-order valence-electron chi connectivity index (χ2n) is 9.29. The summed E-state index contributed by atoms with van der Waals surface area (Å²) in [6.07, 6.45) is 7.07. The predicted octanol–water partition coefficient (Wildman–Crippen LogP) is 3.88. The van der Waals surface area contributed by atoms with E-state index >= 15 is 0 Å². The molecule has 0 aromatic carbocycles. The van der Waals surface area contributed by atoms with Crippen LogP contribution in [0.3, 0.4) is 0 Å². The van der Waals surface area contributed by atoms with Crippen LogP contribution < -0.4 is 6.15 Å². The third-order valence-corrected chi connectivity index (χ3v) is 6.67. The third kappa shape index (κ3) is 7.74. The van der Waals surface area contributed by atoms with Crippen molar-refractivity contribution < 1.29 is 29.6 Å². The van der Waals surface area contributed by atoms with Gasteiger partial charge >= 0.3 is 11.9 Å². The maximum Gasteiger partial charge on any atom is 0.308 e. The maximum atomic E-state index is 12.5. The number of fused-ring (bicyclic) bond motifs is 1. The number of hydrogen-bond donors (Lipinski definition) is 4. The maximum absolute atomic E-state index is 12.5. The number of carbonyl (C=O) groups excluding carboxylic acids is 1. The SMILES string of the molecule is CCC(C)C(=O)OC1CC(C)C=C2C=CC(C)C(CCC(O)CC(O)CC(=O)O)C21.N. The third-order valence-electron chi connectivity index (χ3n) is 6.67. The largest absolute Gasteiger partial charge is 0.481 e. The topological polar surface area (TPSA) is 139 Å². The molecule has 0 bridgehead atoms. The number of aliphatic hydroxyl groups excluding tert-OH is 2. The summed E-state index contributed by atoms with van der Waals surface area (Å²) in [5.41, 5.74) is 1.21. The minimum Gasteiger partial charge on any atom is -0.481 e. The summed E-state index contributed by atoms with van der Waals surface area (Å²) >= 11 is 0. The predicted molar refractivity (Wildman–Crippen MR) is 120 cm³/mol. The van der Waals surface area contributed by atoms with Crippen LogP contribution >= 0.6 is 0 Å². The number of carbonyl (C=O) groups is 2. The molecule has 6 N–H and O–H groups in total. The summed E-state index contributed by atoms with van der Waals surface area (Å²) in [6.45, 7) is 8.16. The first kappa shape index (κ1) is 27.3. The minimum absolute atomic E-state index is 0. The van der Waals surface area contributed by atoms with Crippen LogP contribution in [0.5, 0.6) is 0 Å². The smallest absolute Gasteiger partial charge is 0.308 e.